The van der Waals surface area contributed by atoms with Crippen molar-refractivity contribution < 1.29 is 23.9 Å². The Kier molecular flexibility index (Phi) is 5.73. The molecular formula is C24H31N3O5. The van der Waals surface area contributed by atoms with Gasteiger partial charge in [-0.15, -0.1) is 0 Å². The molecular weight excluding hydrogens is 410 g/mol. The smallest absolute Gasteiger partial charge is 0.327 e. The van der Waals surface area contributed by atoms with Crippen molar-refractivity contribution in [3.63, 3.8) is 0 Å². The highest BCUT2D eigenvalue weighted by atomic mass is 16.5. The quantitative estimate of drug-likeness (QED) is 0.522. The highest BCUT2D eigenvalue weighted by Gasteiger charge is 2.56. The zero-order chi connectivity index (χ0) is 23.1. The first-order valence-corrected chi connectivity index (χ1v) is 11.3. The Balaban J connectivity index is 1.47. The molecule has 1 saturated heterocycles. The van der Waals surface area contributed by atoms with E-state index in [9.17, 15) is 19.2 Å². The summed E-state index contributed by atoms with van der Waals surface area (Å²) in [7, 11) is 0. The minimum Gasteiger partial charge on any atom is -0.446 e. The van der Waals surface area contributed by atoms with E-state index in [2.05, 4.69) is 31.4 Å². The summed E-state index contributed by atoms with van der Waals surface area (Å²) in [6.45, 7) is 5.72. The molecule has 1 aromatic carbocycles. The molecule has 0 aromatic heterocycles. The standard InChI is InChI=1S/C24H31N3O5/c1-15-11-23(2,3)14-24(12-15)21(30)27(22(31)26-24)13-18(28)32-19(16-7-5-4-6-8-16)20(29)25-17-9-10-17/h4-8,15,17,19H,9-14H2,1-3H3,(H,25,29)(H,26,31). The van der Waals surface area contributed by atoms with Gasteiger partial charge in [-0.05, 0) is 43.4 Å². The number of urea groups is 1. The molecule has 1 heterocycles. The van der Waals surface area contributed by atoms with Crippen molar-refractivity contribution in [1.82, 2.24) is 15.5 Å². The summed E-state index contributed by atoms with van der Waals surface area (Å²) in [6.07, 6.45) is 2.71. The number of esters is 1. The van der Waals surface area contributed by atoms with Crippen molar-refractivity contribution in [1.29, 1.82) is 0 Å². The van der Waals surface area contributed by atoms with Crippen molar-refractivity contribution in [2.24, 2.45) is 11.3 Å². The largest absolute Gasteiger partial charge is 0.446 e. The molecule has 32 heavy (non-hydrogen) atoms. The van der Waals surface area contributed by atoms with Crippen molar-refractivity contribution in [2.45, 2.75) is 70.6 Å². The first kappa shape index (κ1) is 22.3. The number of benzene rings is 1. The second-order valence-corrected chi connectivity index (χ2v) is 10.3. The van der Waals surface area contributed by atoms with E-state index >= 15 is 0 Å². The van der Waals surface area contributed by atoms with Crippen LogP contribution in [0.3, 0.4) is 0 Å². The van der Waals surface area contributed by atoms with Crippen molar-refractivity contribution in [2.75, 3.05) is 6.54 Å². The second-order valence-electron chi connectivity index (χ2n) is 10.3. The van der Waals surface area contributed by atoms with E-state index in [4.69, 9.17) is 4.74 Å². The van der Waals surface area contributed by atoms with Gasteiger partial charge in [0, 0.05) is 11.6 Å². The van der Waals surface area contributed by atoms with E-state index in [1.54, 1.807) is 30.3 Å². The summed E-state index contributed by atoms with van der Waals surface area (Å²) in [5, 5.41) is 5.71. The van der Waals surface area contributed by atoms with E-state index in [-0.39, 0.29) is 17.4 Å². The van der Waals surface area contributed by atoms with Gasteiger partial charge in [-0.1, -0.05) is 51.1 Å². The fraction of sp³-hybridized carbons (Fsp3) is 0.583. The van der Waals surface area contributed by atoms with Gasteiger partial charge >= 0.3 is 12.0 Å². The molecule has 1 spiro atoms. The maximum Gasteiger partial charge on any atom is 0.327 e. The lowest BCUT2D eigenvalue weighted by atomic mass is 9.64. The lowest BCUT2D eigenvalue weighted by Crippen LogP contribution is -2.54. The molecule has 8 heteroatoms. The van der Waals surface area contributed by atoms with Crippen LogP contribution < -0.4 is 10.6 Å². The van der Waals surface area contributed by atoms with Gasteiger partial charge in [-0.25, -0.2) is 4.79 Å². The Morgan fingerprint density at radius 3 is 2.50 bits per heavy atom. The molecule has 2 saturated carbocycles. The third-order valence-electron chi connectivity index (χ3n) is 6.42. The molecule has 1 aliphatic heterocycles. The Morgan fingerprint density at radius 2 is 1.88 bits per heavy atom. The zero-order valence-corrected chi connectivity index (χ0v) is 18.8. The summed E-state index contributed by atoms with van der Waals surface area (Å²) in [5.41, 5.74) is -0.549. The minimum atomic E-state index is -1.13. The van der Waals surface area contributed by atoms with Gasteiger partial charge in [0.1, 0.15) is 12.1 Å². The average molecular weight is 442 g/mol. The molecule has 3 atom stereocenters. The van der Waals surface area contributed by atoms with Crippen LogP contribution in [-0.2, 0) is 19.1 Å². The molecule has 4 amide bonds. The third kappa shape index (κ3) is 4.64. The second kappa shape index (κ2) is 8.22. The number of amides is 4. The van der Waals surface area contributed by atoms with Crippen LogP contribution in [0.1, 0.15) is 64.5 Å². The maximum atomic E-state index is 13.3. The fourth-order valence-electron chi connectivity index (χ4n) is 5.35. The lowest BCUT2D eigenvalue weighted by Gasteiger charge is -2.43. The Labute approximate surface area is 188 Å². The Bertz CT molecular complexity index is 927. The fourth-order valence-corrected chi connectivity index (χ4v) is 5.35. The van der Waals surface area contributed by atoms with E-state index in [0.717, 1.165) is 24.2 Å². The highest BCUT2D eigenvalue weighted by Crippen LogP contribution is 2.46. The number of nitrogens with one attached hydrogen (secondary N) is 2. The topological polar surface area (TPSA) is 105 Å². The van der Waals surface area contributed by atoms with Crippen LogP contribution >= 0.6 is 0 Å². The molecule has 172 valence electrons. The van der Waals surface area contributed by atoms with Crippen LogP contribution in [-0.4, -0.2) is 46.8 Å². The van der Waals surface area contributed by atoms with Crippen molar-refractivity contribution in [3.05, 3.63) is 35.9 Å². The summed E-state index contributed by atoms with van der Waals surface area (Å²) in [5.74, 6) is -1.32. The van der Waals surface area contributed by atoms with Gasteiger partial charge in [0.15, 0.2) is 0 Å². The monoisotopic (exact) mass is 441 g/mol. The summed E-state index contributed by atoms with van der Waals surface area (Å²) < 4.78 is 5.50. The minimum absolute atomic E-state index is 0.101. The van der Waals surface area contributed by atoms with Gasteiger partial charge in [0.2, 0.25) is 6.10 Å². The molecule has 2 N–H and O–H groups in total. The average Bonchev–Trinajstić information content (AvgIpc) is 3.49. The first-order valence-electron chi connectivity index (χ1n) is 11.3. The first-order chi connectivity index (χ1) is 15.1. The van der Waals surface area contributed by atoms with Crippen LogP contribution in [0.15, 0.2) is 30.3 Å². The van der Waals surface area contributed by atoms with Crippen LogP contribution in [0, 0.1) is 11.3 Å². The van der Waals surface area contributed by atoms with Crippen molar-refractivity contribution in [3.8, 4) is 0 Å². The SMILES string of the molecule is CC1CC(C)(C)CC2(C1)NC(=O)N(CC(=O)OC(C(=O)NC1CC1)c1ccccc1)C2=O. The number of ether oxygens (including phenoxy) is 1. The molecule has 3 unspecified atom stereocenters. The van der Waals surface area contributed by atoms with Gasteiger partial charge in [-0.2, -0.15) is 0 Å². The Hall–Kier alpha value is -2.90. The normalized spacial score (nSPS) is 27.7. The maximum absolute atomic E-state index is 13.3. The molecule has 4 rings (SSSR count). The number of hydrogen-bond acceptors (Lipinski definition) is 5. The predicted molar refractivity (Wildman–Crippen MR) is 116 cm³/mol. The van der Waals surface area contributed by atoms with Crippen LogP contribution in [0.5, 0.6) is 0 Å². The third-order valence-corrected chi connectivity index (χ3v) is 6.42. The van der Waals surface area contributed by atoms with Gasteiger partial charge in [0.05, 0.1) is 0 Å². The Morgan fingerprint density at radius 1 is 1.19 bits per heavy atom. The lowest BCUT2D eigenvalue weighted by molar-refractivity contribution is -0.158. The molecule has 8 nitrogen and oxygen atoms in total. The molecule has 3 aliphatic rings. The molecule has 1 aromatic rings. The summed E-state index contributed by atoms with van der Waals surface area (Å²) in [6, 6.07) is 8.25. The molecule has 0 radical (unpaired) electrons. The van der Waals surface area contributed by atoms with E-state index in [0.29, 0.717) is 18.4 Å². The summed E-state index contributed by atoms with van der Waals surface area (Å²) in [4.78, 5) is 52.3. The predicted octanol–water partition coefficient (Wildman–Crippen LogP) is 2.69. The van der Waals surface area contributed by atoms with Crippen LogP contribution in [0.25, 0.3) is 0 Å². The highest BCUT2D eigenvalue weighted by molar-refractivity contribution is 6.09. The summed E-state index contributed by atoms with van der Waals surface area (Å²) >= 11 is 0. The number of nitrogens with zero attached hydrogens (tertiary/aromatic N) is 1. The van der Waals surface area contributed by atoms with E-state index in [1.165, 1.54) is 0 Å². The molecule has 2 aliphatic carbocycles. The zero-order valence-electron chi connectivity index (χ0n) is 18.8. The van der Waals surface area contributed by atoms with E-state index in [1.807, 2.05) is 0 Å². The number of rotatable bonds is 6. The van der Waals surface area contributed by atoms with Gasteiger partial charge in [0.25, 0.3) is 11.8 Å². The van der Waals surface area contributed by atoms with Crippen molar-refractivity contribution >= 4 is 23.8 Å². The van der Waals surface area contributed by atoms with Crippen LogP contribution in [0.4, 0.5) is 4.79 Å². The number of imide groups is 1. The number of carbonyl (C=O) groups excluding carboxylic acids is 4. The van der Waals surface area contributed by atoms with Gasteiger partial charge < -0.3 is 15.4 Å². The molecule has 3 fully saturated rings. The molecule has 0 bridgehead atoms. The van der Waals surface area contributed by atoms with Crippen LogP contribution in [0.2, 0.25) is 0 Å². The van der Waals surface area contributed by atoms with Gasteiger partial charge in [-0.3, -0.25) is 19.3 Å². The number of carbonyl (C=O) groups is 4. The number of hydrogen-bond donors (Lipinski definition) is 2. The van der Waals surface area contributed by atoms with E-state index < -0.39 is 42.0 Å².